The van der Waals surface area contributed by atoms with E-state index in [1.54, 1.807) is 0 Å². The predicted octanol–water partition coefficient (Wildman–Crippen LogP) is -0.0242. The molecule has 1 aliphatic rings. The van der Waals surface area contributed by atoms with Crippen LogP contribution in [-0.2, 0) is 38.1 Å². The van der Waals surface area contributed by atoms with Gasteiger partial charge in [0, 0.05) is 43.6 Å². The average molecular weight is 412 g/mol. The van der Waals surface area contributed by atoms with Crippen LogP contribution in [0.15, 0.2) is 0 Å². The van der Waals surface area contributed by atoms with E-state index < -0.39 is 53.3 Å². The van der Waals surface area contributed by atoms with Gasteiger partial charge in [-0.3, -0.25) is 19.2 Å². The lowest BCUT2D eigenvalue weighted by Gasteiger charge is -2.39. The molecule has 1 rings (SSSR count). The van der Waals surface area contributed by atoms with Crippen LogP contribution in [0, 0.1) is 0 Å². The van der Waals surface area contributed by atoms with Crippen molar-refractivity contribution in [2.75, 3.05) is 6.61 Å². The Morgan fingerprint density at radius 1 is 0.792 bits per heavy atom. The number of hydrogen-bond acceptors (Lipinski definition) is 8. The van der Waals surface area contributed by atoms with E-state index in [1.807, 2.05) is 0 Å². The Labute approximate surface area is 147 Å². The Balaban J connectivity index is 3.11. The number of ether oxygens (including phenoxy) is 5. The van der Waals surface area contributed by atoms with Crippen molar-refractivity contribution in [3.05, 3.63) is 0 Å². The zero-order valence-electron chi connectivity index (χ0n) is 13.7. The molecule has 0 amide bonds. The molecule has 3 unspecified atom stereocenters. The Morgan fingerprint density at radius 3 is 1.71 bits per heavy atom. The second-order valence-corrected chi connectivity index (χ2v) is 6.05. The summed E-state index contributed by atoms with van der Waals surface area (Å²) in [7, 11) is 0. The van der Waals surface area contributed by atoms with Crippen molar-refractivity contribution in [1.82, 2.24) is 0 Å². The fraction of sp³-hybridized carbons (Fsp3) is 0.714. The van der Waals surface area contributed by atoms with Gasteiger partial charge in [0.05, 0.1) is 0 Å². The normalized spacial score (nSPS) is 29.3. The van der Waals surface area contributed by atoms with E-state index in [1.165, 1.54) is 27.7 Å². The van der Waals surface area contributed by atoms with Crippen LogP contribution in [0.25, 0.3) is 0 Å². The van der Waals surface area contributed by atoms with E-state index in [9.17, 15) is 19.2 Å². The minimum absolute atomic E-state index is 0.181. The van der Waals surface area contributed by atoms with Gasteiger partial charge in [-0.15, -0.1) is 0 Å². The number of aliphatic hydroxyl groups is 2. The van der Waals surface area contributed by atoms with Gasteiger partial charge in [0.1, 0.15) is 0 Å². The fourth-order valence-corrected chi connectivity index (χ4v) is 2.95. The van der Waals surface area contributed by atoms with Crippen LogP contribution in [-0.4, -0.2) is 64.7 Å². The monoisotopic (exact) mass is 411 g/mol. The summed E-state index contributed by atoms with van der Waals surface area (Å²) in [5.74, 6) is -2.45. The maximum Gasteiger partial charge on any atom is 0.303 e. The van der Waals surface area contributed by atoms with Crippen molar-refractivity contribution in [2.24, 2.45) is 0 Å². The second-order valence-electron chi connectivity index (χ2n) is 5.11. The molecule has 0 aromatic rings. The molecule has 1 fully saturated rings. The van der Waals surface area contributed by atoms with Gasteiger partial charge in [-0.2, -0.15) is 0 Å². The molecule has 0 aromatic heterocycles. The lowest BCUT2D eigenvalue weighted by Crippen LogP contribution is -2.62. The van der Waals surface area contributed by atoms with Crippen molar-refractivity contribution in [1.29, 1.82) is 0 Å². The van der Waals surface area contributed by atoms with Gasteiger partial charge in [-0.25, -0.2) is 0 Å². The van der Waals surface area contributed by atoms with Crippen molar-refractivity contribution in [3.63, 3.8) is 0 Å². The van der Waals surface area contributed by atoms with Gasteiger partial charge in [-0.05, 0) is 0 Å². The SMILES string of the molecule is CC(=O)OCC1[OH+][C@H](Br)C(OC(C)=O)C(OC(C)=O)[C@@H]1OC(C)=O. The topological polar surface area (TPSA) is 118 Å². The number of alkyl halides is 1. The summed E-state index contributed by atoms with van der Waals surface area (Å²) in [6.07, 6.45) is -3.95. The van der Waals surface area contributed by atoms with Crippen LogP contribution in [0.3, 0.4) is 0 Å². The largest absolute Gasteiger partial charge is 0.457 e. The molecule has 24 heavy (non-hydrogen) atoms. The summed E-state index contributed by atoms with van der Waals surface area (Å²) in [6, 6.07) is 0. The lowest BCUT2D eigenvalue weighted by molar-refractivity contribution is -0.285. The third-order valence-electron chi connectivity index (χ3n) is 3.00. The van der Waals surface area contributed by atoms with E-state index in [0.717, 1.165) is 0 Å². The number of carbonyl (C=O) groups is 4. The molecule has 0 saturated carbocycles. The average Bonchev–Trinajstić information content (AvgIpc) is 2.42. The molecule has 0 aromatic carbocycles. The van der Waals surface area contributed by atoms with Crippen molar-refractivity contribution in [2.45, 2.75) is 57.1 Å². The molecule has 1 aliphatic heterocycles. The van der Waals surface area contributed by atoms with Crippen LogP contribution >= 0.6 is 15.9 Å². The van der Waals surface area contributed by atoms with E-state index in [4.69, 9.17) is 18.9 Å². The first-order chi connectivity index (χ1) is 11.1. The number of hydrogen-bond donors (Lipinski definition) is 0. The van der Waals surface area contributed by atoms with Crippen molar-refractivity contribution >= 4 is 39.8 Å². The number of rotatable bonds is 5. The number of halogens is 1. The number of esters is 4. The van der Waals surface area contributed by atoms with Gasteiger partial charge in [0.2, 0.25) is 18.3 Å². The van der Waals surface area contributed by atoms with E-state index in [-0.39, 0.29) is 6.61 Å². The first-order valence-electron chi connectivity index (χ1n) is 7.10. The van der Waals surface area contributed by atoms with Crippen LogP contribution < -0.4 is 0 Å². The van der Waals surface area contributed by atoms with Gasteiger partial charge in [0.15, 0.2) is 12.7 Å². The Kier molecular flexibility index (Phi) is 7.61. The quantitative estimate of drug-likeness (QED) is 0.268. The molecule has 10 heteroatoms. The van der Waals surface area contributed by atoms with E-state index in [2.05, 4.69) is 20.7 Å². The summed E-state index contributed by atoms with van der Waals surface area (Å²) in [6.45, 7) is 4.58. The van der Waals surface area contributed by atoms with E-state index in [0.29, 0.717) is 0 Å². The zero-order valence-corrected chi connectivity index (χ0v) is 15.3. The van der Waals surface area contributed by atoms with Gasteiger partial charge < -0.3 is 23.7 Å². The van der Waals surface area contributed by atoms with Crippen molar-refractivity contribution in [3.8, 4) is 0 Å². The molecule has 1 N–H and O–H groups in total. The molecule has 1 heterocycles. The second kappa shape index (κ2) is 8.97. The highest BCUT2D eigenvalue weighted by Gasteiger charge is 2.55. The molecule has 9 nitrogen and oxygen atoms in total. The van der Waals surface area contributed by atoms with Gasteiger partial charge in [0.25, 0.3) is 5.01 Å². The van der Waals surface area contributed by atoms with Crippen LogP contribution in [0.5, 0.6) is 0 Å². The third-order valence-corrected chi connectivity index (χ3v) is 3.75. The Bertz CT molecular complexity index is 506. The molecule has 1 saturated heterocycles. The summed E-state index contributed by atoms with van der Waals surface area (Å²) in [5, 5.41) is -0.738. The van der Waals surface area contributed by atoms with Crippen LogP contribution in [0.4, 0.5) is 0 Å². The third kappa shape index (κ3) is 6.08. The molecule has 5 atom stereocenters. The smallest absolute Gasteiger partial charge is 0.303 e. The first kappa shape index (κ1) is 20.4. The van der Waals surface area contributed by atoms with Crippen molar-refractivity contribution < 1.29 is 42.9 Å². The highest BCUT2D eigenvalue weighted by molar-refractivity contribution is 9.09. The maximum atomic E-state index is 11.4. The summed E-state index contributed by atoms with van der Waals surface area (Å²) in [4.78, 5) is 45.2. The zero-order chi connectivity index (χ0) is 18.4. The fourth-order valence-electron chi connectivity index (χ4n) is 2.23. The molecular weight excluding hydrogens is 392 g/mol. The standard InChI is InChI=1S/C14H19BrO9/c1-6(16)20-5-10-11(21-7(2)17)12(22-8(3)18)13(14(15)24-10)23-9(4)19/h10-14H,5H2,1-4H3/p+1/t10?,11-,12?,13?,14+/m1/s1. The Hall–Kier alpha value is -1.68. The molecule has 0 aliphatic carbocycles. The molecule has 0 spiro atoms. The minimum Gasteiger partial charge on any atom is -0.457 e. The summed E-state index contributed by atoms with van der Waals surface area (Å²) >= 11 is 3.24. The van der Waals surface area contributed by atoms with Gasteiger partial charge >= 0.3 is 23.9 Å². The Morgan fingerprint density at radius 2 is 1.25 bits per heavy atom. The lowest BCUT2D eigenvalue weighted by atomic mass is 9.99. The first-order valence-corrected chi connectivity index (χ1v) is 8.02. The summed E-state index contributed by atoms with van der Waals surface area (Å²) in [5.41, 5.74) is 0. The van der Waals surface area contributed by atoms with Gasteiger partial charge in [-0.1, -0.05) is 0 Å². The highest BCUT2D eigenvalue weighted by Crippen LogP contribution is 2.30. The van der Waals surface area contributed by atoms with Crippen LogP contribution in [0.2, 0.25) is 0 Å². The molecule has 0 bridgehead atoms. The molecule has 136 valence electrons. The molecule has 0 radical (unpaired) electrons. The molecular formula is C14H20BrO9+. The highest BCUT2D eigenvalue weighted by atomic mass is 79.9. The number of carbonyl (C=O) groups excluding carboxylic acids is 4. The van der Waals surface area contributed by atoms with E-state index >= 15 is 0 Å². The maximum absolute atomic E-state index is 11.4. The summed E-state index contributed by atoms with van der Waals surface area (Å²) < 4.78 is 24.7. The predicted molar refractivity (Wildman–Crippen MR) is 82.0 cm³/mol. The van der Waals surface area contributed by atoms with Crippen LogP contribution in [0.1, 0.15) is 27.7 Å². The minimum atomic E-state index is -1.10.